The maximum Gasteiger partial charge on any atom is 0.185 e. The van der Waals surface area contributed by atoms with Gasteiger partial charge in [0, 0.05) is 41.1 Å². The second-order valence-corrected chi connectivity index (χ2v) is 8.77. The van der Waals surface area contributed by atoms with Gasteiger partial charge in [-0.05, 0) is 19.8 Å². The van der Waals surface area contributed by atoms with Crippen molar-refractivity contribution in [3.8, 4) is 0 Å². The van der Waals surface area contributed by atoms with E-state index in [-0.39, 0.29) is 0 Å². The summed E-state index contributed by atoms with van der Waals surface area (Å²) >= 11 is 3.98. The molecule has 2 aliphatic rings. The Kier molecular flexibility index (Phi) is 4.06. The van der Waals surface area contributed by atoms with Gasteiger partial charge in [0.1, 0.15) is 0 Å². The zero-order valence-corrected chi connectivity index (χ0v) is 13.6. The van der Waals surface area contributed by atoms with Crippen LogP contribution in [-0.4, -0.2) is 34.6 Å². The third-order valence-electron chi connectivity index (χ3n) is 3.70. The smallest absolute Gasteiger partial charge is 0.185 e. The first-order valence-electron chi connectivity index (χ1n) is 7.22. The van der Waals surface area contributed by atoms with Gasteiger partial charge in [0.2, 0.25) is 0 Å². The zero-order chi connectivity index (χ0) is 13.4. The molecule has 1 aliphatic heterocycles. The summed E-state index contributed by atoms with van der Waals surface area (Å²) in [5, 5.41) is 6.24. The molecule has 2 atom stereocenters. The molecule has 2 fully saturated rings. The molecule has 0 bridgehead atoms. The van der Waals surface area contributed by atoms with Crippen molar-refractivity contribution in [3.05, 3.63) is 10.6 Å². The average molecular weight is 297 g/mol. The summed E-state index contributed by atoms with van der Waals surface area (Å²) in [5.41, 5.74) is 1.21. The van der Waals surface area contributed by atoms with Gasteiger partial charge in [-0.1, -0.05) is 13.8 Å². The Morgan fingerprint density at radius 3 is 2.58 bits per heavy atom. The fourth-order valence-electron chi connectivity index (χ4n) is 2.57. The molecule has 106 valence electrons. The molecule has 0 spiro atoms. The predicted octanol–water partition coefficient (Wildman–Crippen LogP) is 3.03. The Hall–Kier alpha value is -0.260. The van der Waals surface area contributed by atoms with Gasteiger partial charge in [-0.2, -0.15) is 11.8 Å². The molecule has 0 radical (unpaired) electrons. The van der Waals surface area contributed by atoms with E-state index in [1.807, 2.05) is 11.3 Å². The zero-order valence-electron chi connectivity index (χ0n) is 12.0. The highest BCUT2D eigenvalue weighted by Crippen LogP contribution is 2.32. The number of thiazole rings is 1. The van der Waals surface area contributed by atoms with Crippen molar-refractivity contribution in [1.29, 1.82) is 0 Å². The maximum absolute atomic E-state index is 4.80. The summed E-state index contributed by atoms with van der Waals surface area (Å²) in [5.74, 6) is 0. The lowest BCUT2D eigenvalue weighted by molar-refractivity contribution is 0.691. The number of anilines is 1. The first-order chi connectivity index (χ1) is 9.11. The lowest BCUT2D eigenvalue weighted by Crippen LogP contribution is -2.40. The summed E-state index contributed by atoms with van der Waals surface area (Å²) in [6.45, 7) is 10.1. The Balaban J connectivity index is 1.67. The van der Waals surface area contributed by atoms with Crippen LogP contribution in [0.25, 0.3) is 0 Å². The van der Waals surface area contributed by atoms with Crippen LogP contribution in [-0.2, 0) is 6.54 Å². The van der Waals surface area contributed by atoms with E-state index in [0.29, 0.717) is 10.5 Å². The van der Waals surface area contributed by atoms with Crippen LogP contribution >= 0.6 is 23.1 Å². The van der Waals surface area contributed by atoms with Crippen LogP contribution in [0.15, 0.2) is 0 Å². The van der Waals surface area contributed by atoms with E-state index in [0.717, 1.165) is 25.7 Å². The summed E-state index contributed by atoms with van der Waals surface area (Å²) < 4.78 is 0. The molecule has 1 aliphatic carbocycles. The molecule has 2 heterocycles. The second-order valence-electron chi connectivity index (χ2n) is 5.82. The SMILES string of the molecule is Cc1nc(N2CC(C)SC(C)C2)sc1CNC1CC1. The van der Waals surface area contributed by atoms with Gasteiger partial charge in [-0.25, -0.2) is 4.98 Å². The number of hydrogen-bond donors (Lipinski definition) is 1. The number of nitrogens with zero attached hydrogens (tertiary/aromatic N) is 2. The molecule has 1 aromatic rings. The number of hydrogen-bond acceptors (Lipinski definition) is 5. The van der Waals surface area contributed by atoms with Gasteiger partial charge in [0.15, 0.2) is 5.13 Å². The molecule has 3 nitrogen and oxygen atoms in total. The topological polar surface area (TPSA) is 28.2 Å². The van der Waals surface area contributed by atoms with Crippen LogP contribution in [0.5, 0.6) is 0 Å². The van der Waals surface area contributed by atoms with E-state index < -0.39 is 0 Å². The average Bonchev–Trinajstić information content (AvgIpc) is 3.09. The lowest BCUT2D eigenvalue weighted by Gasteiger charge is -2.34. The fourth-order valence-corrected chi connectivity index (χ4v) is 4.93. The molecule has 3 rings (SSSR count). The van der Waals surface area contributed by atoms with Crippen LogP contribution in [0.2, 0.25) is 0 Å². The van der Waals surface area contributed by atoms with Gasteiger partial charge in [0.25, 0.3) is 0 Å². The number of rotatable bonds is 4. The fraction of sp³-hybridized carbons (Fsp3) is 0.786. The van der Waals surface area contributed by atoms with Gasteiger partial charge in [0.05, 0.1) is 5.69 Å². The van der Waals surface area contributed by atoms with Crippen molar-refractivity contribution >= 4 is 28.2 Å². The van der Waals surface area contributed by atoms with E-state index in [9.17, 15) is 0 Å². The quantitative estimate of drug-likeness (QED) is 0.924. The summed E-state index contributed by atoms with van der Waals surface area (Å²) in [4.78, 5) is 8.69. The minimum Gasteiger partial charge on any atom is -0.346 e. The highest BCUT2D eigenvalue weighted by molar-refractivity contribution is 8.00. The normalized spacial score (nSPS) is 27.8. The van der Waals surface area contributed by atoms with Gasteiger partial charge in [-0.15, -0.1) is 11.3 Å². The Bertz CT molecular complexity index is 432. The number of nitrogens with one attached hydrogen (secondary N) is 1. The third-order valence-corrected chi connectivity index (χ3v) is 6.15. The number of thioether (sulfide) groups is 1. The van der Waals surface area contributed by atoms with Crippen molar-refractivity contribution in [2.24, 2.45) is 0 Å². The van der Waals surface area contributed by atoms with Crippen LogP contribution in [0, 0.1) is 6.92 Å². The summed E-state index contributed by atoms with van der Waals surface area (Å²) in [7, 11) is 0. The standard InChI is InChI=1S/C14H23N3S2/c1-9-7-17(8-10(2)18-9)14-16-11(3)13(19-14)6-15-12-4-5-12/h9-10,12,15H,4-8H2,1-3H3. The molecule has 1 N–H and O–H groups in total. The van der Waals surface area contributed by atoms with Crippen molar-refractivity contribution < 1.29 is 0 Å². The summed E-state index contributed by atoms with van der Waals surface area (Å²) in [6.07, 6.45) is 2.70. The minimum atomic E-state index is 0.709. The molecular formula is C14H23N3S2. The van der Waals surface area contributed by atoms with E-state index in [2.05, 4.69) is 42.7 Å². The number of aryl methyl sites for hydroxylation is 1. The second kappa shape index (κ2) is 5.62. The van der Waals surface area contributed by atoms with Crippen molar-refractivity contribution in [1.82, 2.24) is 10.3 Å². The largest absolute Gasteiger partial charge is 0.346 e. The van der Waals surface area contributed by atoms with Gasteiger partial charge >= 0.3 is 0 Å². The summed E-state index contributed by atoms with van der Waals surface area (Å²) in [6, 6.07) is 0.774. The van der Waals surface area contributed by atoms with Gasteiger partial charge in [-0.3, -0.25) is 0 Å². The van der Waals surface area contributed by atoms with Crippen LogP contribution in [0.1, 0.15) is 37.3 Å². The monoisotopic (exact) mass is 297 g/mol. The Morgan fingerprint density at radius 2 is 1.95 bits per heavy atom. The molecule has 1 saturated heterocycles. The lowest BCUT2D eigenvalue weighted by atomic mass is 10.3. The van der Waals surface area contributed by atoms with Crippen LogP contribution in [0.4, 0.5) is 5.13 Å². The molecule has 0 aromatic carbocycles. The van der Waals surface area contributed by atoms with Crippen molar-refractivity contribution in [2.45, 2.75) is 56.7 Å². The van der Waals surface area contributed by atoms with E-state index in [1.54, 1.807) is 0 Å². The van der Waals surface area contributed by atoms with E-state index in [4.69, 9.17) is 4.98 Å². The molecule has 5 heteroatoms. The maximum atomic E-state index is 4.80. The molecule has 2 unspecified atom stereocenters. The third kappa shape index (κ3) is 3.44. The van der Waals surface area contributed by atoms with Crippen molar-refractivity contribution in [2.75, 3.05) is 18.0 Å². The first kappa shape index (κ1) is 13.7. The molecular weight excluding hydrogens is 274 g/mol. The van der Waals surface area contributed by atoms with Gasteiger partial charge < -0.3 is 10.2 Å². The Labute approximate surface area is 124 Å². The highest BCUT2D eigenvalue weighted by Gasteiger charge is 2.25. The van der Waals surface area contributed by atoms with E-state index in [1.165, 1.54) is 28.5 Å². The minimum absolute atomic E-state index is 0.709. The highest BCUT2D eigenvalue weighted by atomic mass is 32.2. The van der Waals surface area contributed by atoms with Crippen LogP contribution in [0.3, 0.4) is 0 Å². The molecule has 1 saturated carbocycles. The molecule has 1 aromatic heterocycles. The van der Waals surface area contributed by atoms with Crippen molar-refractivity contribution in [3.63, 3.8) is 0 Å². The first-order valence-corrected chi connectivity index (χ1v) is 8.98. The van der Waals surface area contributed by atoms with Crippen LogP contribution < -0.4 is 10.2 Å². The molecule has 0 amide bonds. The Morgan fingerprint density at radius 1 is 1.26 bits per heavy atom. The van der Waals surface area contributed by atoms with E-state index >= 15 is 0 Å². The number of aromatic nitrogens is 1. The predicted molar refractivity (Wildman–Crippen MR) is 85.4 cm³/mol. The molecule has 19 heavy (non-hydrogen) atoms.